The third-order valence-electron chi connectivity index (χ3n) is 4.42. The molecule has 1 aromatic heterocycles. The first-order valence-corrected chi connectivity index (χ1v) is 9.97. The summed E-state index contributed by atoms with van der Waals surface area (Å²) in [7, 11) is -3.70. The van der Waals surface area contributed by atoms with Gasteiger partial charge in [-0.25, -0.2) is 0 Å². The van der Waals surface area contributed by atoms with E-state index in [1.54, 1.807) is 25.1 Å². The van der Waals surface area contributed by atoms with Gasteiger partial charge in [-0.05, 0) is 23.6 Å². The van der Waals surface area contributed by atoms with Crippen LogP contribution in [0.2, 0.25) is 0 Å². The van der Waals surface area contributed by atoms with Crippen molar-refractivity contribution in [2.45, 2.75) is 25.4 Å². The van der Waals surface area contributed by atoms with Crippen LogP contribution < -0.4 is 5.30 Å². The lowest BCUT2D eigenvalue weighted by Crippen LogP contribution is -2.14. The van der Waals surface area contributed by atoms with Gasteiger partial charge in [-0.15, -0.1) is 0 Å². The van der Waals surface area contributed by atoms with Crippen molar-refractivity contribution in [1.82, 2.24) is 4.98 Å². The van der Waals surface area contributed by atoms with Crippen molar-refractivity contribution in [3.63, 3.8) is 0 Å². The first-order valence-electron chi connectivity index (χ1n) is 8.13. The monoisotopic (exact) mass is 357 g/mol. The van der Waals surface area contributed by atoms with Crippen molar-refractivity contribution in [3.05, 3.63) is 65.9 Å². The van der Waals surface area contributed by atoms with E-state index in [1.807, 2.05) is 30.3 Å². The fourth-order valence-electron chi connectivity index (χ4n) is 3.20. The lowest BCUT2D eigenvalue weighted by molar-refractivity contribution is -0.138. The molecule has 0 aliphatic rings. The van der Waals surface area contributed by atoms with E-state index < -0.39 is 19.3 Å². The average molecular weight is 357 g/mol. The number of aromatic nitrogens is 1. The van der Waals surface area contributed by atoms with Crippen LogP contribution in [0.5, 0.6) is 0 Å². The molecule has 3 aromatic rings. The van der Waals surface area contributed by atoms with Crippen molar-refractivity contribution in [2.24, 2.45) is 0 Å². The quantitative estimate of drug-likeness (QED) is 0.585. The van der Waals surface area contributed by atoms with Gasteiger partial charge in [0, 0.05) is 17.1 Å². The van der Waals surface area contributed by atoms with E-state index in [-0.39, 0.29) is 6.16 Å². The molecule has 0 saturated heterocycles. The largest absolute Gasteiger partial charge is 0.481 e. The molecule has 0 fully saturated rings. The number of H-pyrrole nitrogens is 1. The smallest absolute Gasteiger partial charge is 0.310 e. The minimum atomic E-state index is -3.70. The van der Waals surface area contributed by atoms with Gasteiger partial charge in [0.15, 0.2) is 0 Å². The van der Waals surface area contributed by atoms with Crippen LogP contribution in [0.1, 0.15) is 30.4 Å². The number of carboxylic acid groups (broad SMARTS) is 1. The molecular weight excluding hydrogens is 337 g/mol. The fraction of sp³-hybridized carbons (Fsp3) is 0.211. The third-order valence-corrected chi connectivity index (χ3v) is 6.31. The molecule has 1 heterocycles. The van der Waals surface area contributed by atoms with E-state index in [0.717, 1.165) is 5.56 Å². The number of hydrogen-bond acceptors (Lipinski definition) is 2. The second-order valence-corrected chi connectivity index (χ2v) is 8.29. The van der Waals surface area contributed by atoms with E-state index in [0.29, 0.717) is 28.2 Å². The number of aromatic amines is 1. The maximum atomic E-state index is 13.1. The summed E-state index contributed by atoms with van der Waals surface area (Å²) in [5.41, 5.74) is 2.02. The van der Waals surface area contributed by atoms with E-state index in [1.165, 1.54) is 6.20 Å². The van der Waals surface area contributed by atoms with Gasteiger partial charge < -0.3 is 15.0 Å². The van der Waals surface area contributed by atoms with Gasteiger partial charge in [-0.1, -0.05) is 49.4 Å². The van der Waals surface area contributed by atoms with Crippen LogP contribution in [0, 0.1) is 0 Å². The number of benzene rings is 2. The topological polar surface area (TPSA) is 90.4 Å². The molecule has 25 heavy (non-hydrogen) atoms. The second kappa shape index (κ2) is 6.87. The first-order chi connectivity index (χ1) is 11.9. The maximum absolute atomic E-state index is 13.1. The van der Waals surface area contributed by atoms with Crippen molar-refractivity contribution >= 4 is 29.5 Å². The van der Waals surface area contributed by atoms with Gasteiger partial charge in [0.25, 0.3) is 0 Å². The van der Waals surface area contributed by atoms with Crippen LogP contribution in [0.3, 0.4) is 0 Å². The number of aliphatic carboxylic acids is 1. The molecule has 0 saturated carbocycles. The van der Waals surface area contributed by atoms with Crippen molar-refractivity contribution in [1.29, 1.82) is 0 Å². The van der Waals surface area contributed by atoms with Crippen molar-refractivity contribution < 1.29 is 19.4 Å². The van der Waals surface area contributed by atoms with Crippen LogP contribution in [-0.2, 0) is 15.5 Å². The summed E-state index contributed by atoms with van der Waals surface area (Å²) in [5, 5.41) is 10.4. The highest BCUT2D eigenvalue weighted by Gasteiger charge is 2.29. The zero-order chi connectivity index (χ0) is 18.0. The molecule has 130 valence electrons. The van der Waals surface area contributed by atoms with Crippen molar-refractivity contribution in [3.8, 4) is 0 Å². The summed E-state index contributed by atoms with van der Waals surface area (Å²) in [6.45, 7) is 1.80. The minimum Gasteiger partial charge on any atom is -0.481 e. The molecular formula is C19H20NO4P. The van der Waals surface area contributed by atoms with Gasteiger partial charge in [0.05, 0.1) is 17.4 Å². The Labute approximate surface area is 145 Å². The SMILES string of the molecule is CCC(C(=O)O)c1cccc2[nH]cc(P(=O)(O)Cc3ccccc3)c12. The lowest BCUT2D eigenvalue weighted by atomic mass is 9.94. The van der Waals surface area contributed by atoms with Gasteiger partial charge in [0.1, 0.15) is 0 Å². The fourth-order valence-corrected chi connectivity index (χ4v) is 4.95. The predicted molar refractivity (Wildman–Crippen MR) is 98.6 cm³/mol. The van der Waals surface area contributed by atoms with E-state index >= 15 is 0 Å². The molecule has 2 unspecified atom stereocenters. The second-order valence-electron chi connectivity index (χ2n) is 6.09. The molecule has 0 radical (unpaired) electrons. The van der Waals surface area contributed by atoms with Crippen LogP contribution in [-0.4, -0.2) is 21.0 Å². The predicted octanol–water partition coefficient (Wildman–Crippen LogP) is 3.84. The van der Waals surface area contributed by atoms with Crippen molar-refractivity contribution in [2.75, 3.05) is 0 Å². The number of carboxylic acids is 1. The number of nitrogens with one attached hydrogen (secondary N) is 1. The standard InChI is InChI=1S/C19H20NO4P/c1-2-14(19(21)22)15-9-6-10-16-18(15)17(11-20-16)25(23,24)12-13-7-4-3-5-8-13/h3-11,14,20H,2,12H2,1H3,(H,21,22)(H,23,24). The van der Waals surface area contributed by atoms with E-state index in [4.69, 9.17) is 0 Å². The number of carbonyl (C=O) groups is 1. The molecule has 5 nitrogen and oxygen atoms in total. The van der Waals surface area contributed by atoms with Crippen LogP contribution in [0.25, 0.3) is 10.9 Å². The molecule has 2 atom stereocenters. The zero-order valence-electron chi connectivity index (χ0n) is 13.8. The Kier molecular flexibility index (Phi) is 4.80. The molecule has 3 rings (SSSR count). The zero-order valence-corrected chi connectivity index (χ0v) is 14.7. The van der Waals surface area contributed by atoms with Crippen LogP contribution in [0.4, 0.5) is 0 Å². The average Bonchev–Trinajstić information content (AvgIpc) is 3.01. The summed E-state index contributed by atoms with van der Waals surface area (Å²) in [4.78, 5) is 25.4. The summed E-state index contributed by atoms with van der Waals surface area (Å²) < 4.78 is 13.1. The molecule has 3 N–H and O–H groups in total. The third kappa shape index (κ3) is 3.39. The van der Waals surface area contributed by atoms with Gasteiger partial charge >= 0.3 is 5.97 Å². The highest BCUT2D eigenvalue weighted by atomic mass is 31.2. The molecule has 0 aliphatic carbocycles. The highest BCUT2D eigenvalue weighted by Crippen LogP contribution is 2.46. The molecule has 0 spiro atoms. The lowest BCUT2D eigenvalue weighted by Gasteiger charge is -2.16. The summed E-state index contributed by atoms with van der Waals surface area (Å²) >= 11 is 0. The number of hydrogen-bond donors (Lipinski definition) is 3. The summed E-state index contributed by atoms with van der Waals surface area (Å²) in [6, 6.07) is 14.4. The van der Waals surface area contributed by atoms with Gasteiger partial charge in [0.2, 0.25) is 7.37 Å². The Morgan fingerprint density at radius 2 is 1.88 bits per heavy atom. The summed E-state index contributed by atoms with van der Waals surface area (Å²) in [6.07, 6.45) is 1.96. The van der Waals surface area contributed by atoms with Gasteiger partial charge in [-0.2, -0.15) is 0 Å². The van der Waals surface area contributed by atoms with Gasteiger partial charge in [-0.3, -0.25) is 9.36 Å². The Morgan fingerprint density at radius 3 is 2.52 bits per heavy atom. The Morgan fingerprint density at radius 1 is 1.16 bits per heavy atom. The molecule has 0 aliphatic heterocycles. The van der Waals surface area contributed by atoms with E-state index in [2.05, 4.69) is 4.98 Å². The molecule has 6 heteroatoms. The van der Waals surface area contributed by atoms with Crippen LogP contribution >= 0.6 is 7.37 Å². The Bertz CT molecular complexity index is 948. The normalized spacial score (nSPS) is 15.0. The number of fused-ring (bicyclic) bond motifs is 1. The molecule has 0 amide bonds. The minimum absolute atomic E-state index is 0.0129. The Balaban J connectivity index is 2.13. The molecule has 2 aromatic carbocycles. The Hall–Kier alpha value is -2.36. The number of rotatable bonds is 6. The summed E-state index contributed by atoms with van der Waals surface area (Å²) in [5.74, 6) is -1.65. The van der Waals surface area contributed by atoms with Crippen LogP contribution in [0.15, 0.2) is 54.7 Å². The van der Waals surface area contributed by atoms with E-state index in [9.17, 15) is 19.4 Å². The first kappa shape index (κ1) is 17.5. The maximum Gasteiger partial charge on any atom is 0.310 e. The highest BCUT2D eigenvalue weighted by molar-refractivity contribution is 7.65. The molecule has 0 bridgehead atoms.